The Morgan fingerprint density at radius 1 is 1.48 bits per heavy atom. The molecule has 6 heteroatoms. The summed E-state index contributed by atoms with van der Waals surface area (Å²) in [6.45, 7) is 6.73. The van der Waals surface area contributed by atoms with Crippen molar-refractivity contribution in [3.05, 3.63) is 50.7 Å². The van der Waals surface area contributed by atoms with Gasteiger partial charge in [-0.1, -0.05) is 24.6 Å². The lowest BCUT2D eigenvalue weighted by Crippen LogP contribution is -2.45. The van der Waals surface area contributed by atoms with Gasteiger partial charge in [-0.15, -0.1) is 11.3 Å². The molecule has 1 aliphatic heterocycles. The van der Waals surface area contributed by atoms with E-state index in [1.165, 1.54) is 16.9 Å². The molecule has 2 heterocycles. The maximum atomic E-state index is 11.9. The lowest BCUT2D eigenvalue weighted by molar-refractivity contribution is 0.0959. The zero-order valence-corrected chi connectivity index (χ0v) is 16.4. The van der Waals surface area contributed by atoms with Crippen LogP contribution in [0.5, 0.6) is 0 Å². The highest BCUT2D eigenvalue weighted by Gasteiger charge is 2.34. The van der Waals surface area contributed by atoms with Gasteiger partial charge in [-0.05, 0) is 55.3 Å². The number of amides is 1. The van der Waals surface area contributed by atoms with Crippen LogP contribution in [0.2, 0.25) is 5.02 Å². The molecule has 4 nitrogen and oxygen atoms in total. The second-order valence-electron chi connectivity index (χ2n) is 7.09. The highest BCUT2D eigenvalue weighted by Crippen LogP contribution is 2.44. The van der Waals surface area contributed by atoms with Crippen molar-refractivity contribution in [1.29, 1.82) is 0 Å². The van der Waals surface area contributed by atoms with Crippen LogP contribution in [0.1, 0.15) is 53.9 Å². The summed E-state index contributed by atoms with van der Waals surface area (Å²) in [5.41, 5.74) is 5.88. The Morgan fingerprint density at radius 2 is 2.24 bits per heavy atom. The van der Waals surface area contributed by atoms with E-state index in [1.807, 2.05) is 17.5 Å². The molecule has 25 heavy (non-hydrogen) atoms. The lowest BCUT2D eigenvalue weighted by Gasteiger charge is -2.45. The molecule has 0 aliphatic carbocycles. The van der Waals surface area contributed by atoms with Crippen LogP contribution in [-0.4, -0.2) is 24.7 Å². The first-order valence-electron chi connectivity index (χ1n) is 8.24. The van der Waals surface area contributed by atoms with Crippen LogP contribution in [-0.2, 0) is 0 Å². The van der Waals surface area contributed by atoms with Crippen LogP contribution in [0.4, 0.5) is 5.69 Å². The average molecular weight is 376 g/mol. The summed E-state index contributed by atoms with van der Waals surface area (Å²) >= 11 is 7.84. The van der Waals surface area contributed by atoms with E-state index in [4.69, 9.17) is 11.6 Å². The normalized spacial score (nSPS) is 19.1. The number of fused-ring (bicyclic) bond motifs is 1. The Morgan fingerprint density at radius 3 is 2.92 bits per heavy atom. The van der Waals surface area contributed by atoms with Crippen molar-refractivity contribution in [2.45, 2.75) is 38.6 Å². The van der Waals surface area contributed by atoms with E-state index in [2.05, 4.69) is 49.3 Å². The largest absolute Gasteiger partial charge is 0.369 e. The fraction of sp³-hybridized carbons (Fsp3) is 0.368. The van der Waals surface area contributed by atoms with Crippen molar-refractivity contribution in [2.24, 2.45) is 5.10 Å². The van der Waals surface area contributed by atoms with Gasteiger partial charge in [-0.25, -0.2) is 5.43 Å². The Hall–Kier alpha value is -1.85. The van der Waals surface area contributed by atoms with Crippen LogP contribution < -0.4 is 10.3 Å². The first-order valence-corrected chi connectivity index (χ1v) is 9.49. The summed E-state index contributed by atoms with van der Waals surface area (Å²) in [6.07, 6.45) is 2.68. The fourth-order valence-electron chi connectivity index (χ4n) is 3.33. The number of rotatable bonds is 3. The Bertz CT molecular complexity index is 814. The van der Waals surface area contributed by atoms with Crippen LogP contribution >= 0.6 is 22.9 Å². The van der Waals surface area contributed by atoms with Gasteiger partial charge in [0.2, 0.25) is 0 Å². The SMILES string of the molecule is C[C@H]1CC(C)(C)N(C)c2cc(Cl)c(/C=N/NC(=O)c3cccs3)cc21. The number of hydrazone groups is 1. The minimum absolute atomic E-state index is 0.0973. The second kappa shape index (κ2) is 6.81. The number of carbonyl (C=O) groups is 1. The predicted molar refractivity (Wildman–Crippen MR) is 106 cm³/mol. The number of halogens is 1. The summed E-state index contributed by atoms with van der Waals surface area (Å²) < 4.78 is 0. The van der Waals surface area contributed by atoms with Crippen LogP contribution in [0.3, 0.4) is 0 Å². The first-order chi connectivity index (χ1) is 11.8. The number of carbonyl (C=O) groups excluding carboxylic acids is 1. The molecule has 1 aromatic carbocycles. The summed E-state index contributed by atoms with van der Waals surface area (Å²) in [5, 5.41) is 6.55. The van der Waals surface area contributed by atoms with E-state index in [9.17, 15) is 4.79 Å². The Kier molecular flexibility index (Phi) is 4.89. The first kappa shape index (κ1) is 18.0. The standard InChI is InChI=1S/C19H22ClN3OS/c1-12-10-19(2,3)23(4)16-9-15(20)13(8-14(12)16)11-21-22-18(24)17-6-5-7-25-17/h5-9,11-12H,10H2,1-4H3,(H,22,24)/b21-11+/t12-/m0/s1. The van der Waals surface area contributed by atoms with Crippen molar-refractivity contribution >= 4 is 40.7 Å². The van der Waals surface area contributed by atoms with Gasteiger partial charge in [0.15, 0.2) is 0 Å². The number of nitrogens with one attached hydrogen (secondary N) is 1. The fourth-order valence-corrected chi connectivity index (χ4v) is 4.15. The van der Waals surface area contributed by atoms with Gasteiger partial charge in [0.1, 0.15) is 0 Å². The summed E-state index contributed by atoms with van der Waals surface area (Å²) in [4.78, 5) is 14.8. The molecule has 1 atom stereocenters. The van der Waals surface area contributed by atoms with Gasteiger partial charge in [0.25, 0.3) is 5.91 Å². The molecule has 2 aromatic rings. The van der Waals surface area contributed by atoms with Crippen molar-refractivity contribution in [3.63, 3.8) is 0 Å². The molecule has 0 bridgehead atoms. The van der Waals surface area contributed by atoms with Gasteiger partial charge in [0, 0.05) is 23.8 Å². The van der Waals surface area contributed by atoms with E-state index in [1.54, 1.807) is 12.3 Å². The summed E-state index contributed by atoms with van der Waals surface area (Å²) in [7, 11) is 2.11. The smallest absolute Gasteiger partial charge is 0.281 e. The third kappa shape index (κ3) is 3.58. The molecule has 1 aromatic heterocycles. The Balaban J connectivity index is 1.83. The van der Waals surface area contributed by atoms with E-state index in [0.29, 0.717) is 15.8 Å². The second-order valence-corrected chi connectivity index (χ2v) is 8.44. The van der Waals surface area contributed by atoms with Gasteiger partial charge in [-0.3, -0.25) is 4.79 Å². The molecule has 132 valence electrons. The number of hydrogen-bond donors (Lipinski definition) is 1. The highest BCUT2D eigenvalue weighted by atomic mass is 35.5. The monoisotopic (exact) mass is 375 g/mol. The van der Waals surface area contributed by atoms with Crippen molar-refractivity contribution in [2.75, 3.05) is 11.9 Å². The molecule has 0 unspecified atom stereocenters. The number of benzene rings is 1. The van der Waals surface area contributed by atoms with E-state index in [-0.39, 0.29) is 11.4 Å². The minimum atomic E-state index is -0.213. The number of hydrogen-bond acceptors (Lipinski definition) is 4. The predicted octanol–water partition coefficient (Wildman–Crippen LogP) is 4.89. The third-order valence-electron chi connectivity index (χ3n) is 4.87. The molecule has 0 radical (unpaired) electrons. The van der Waals surface area contributed by atoms with Gasteiger partial charge >= 0.3 is 0 Å². The zero-order valence-electron chi connectivity index (χ0n) is 14.8. The van der Waals surface area contributed by atoms with Gasteiger partial charge in [0.05, 0.1) is 16.1 Å². The molecule has 0 saturated carbocycles. The molecule has 1 amide bonds. The molecule has 0 spiro atoms. The zero-order chi connectivity index (χ0) is 18.2. The molecule has 1 N–H and O–H groups in total. The lowest BCUT2D eigenvalue weighted by atomic mass is 9.80. The van der Waals surface area contributed by atoms with Crippen molar-refractivity contribution in [1.82, 2.24) is 5.43 Å². The minimum Gasteiger partial charge on any atom is -0.369 e. The Labute approximate surface area is 157 Å². The average Bonchev–Trinajstić information content (AvgIpc) is 3.08. The van der Waals surface area contributed by atoms with E-state index in [0.717, 1.165) is 17.7 Å². The third-order valence-corrected chi connectivity index (χ3v) is 6.06. The molecular weight excluding hydrogens is 354 g/mol. The molecule has 0 saturated heterocycles. The maximum absolute atomic E-state index is 11.9. The molecule has 3 rings (SSSR count). The highest BCUT2D eigenvalue weighted by molar-refractivity contribution is 7.12. The van der Waals surface area contributed by atoms with Crippen molar-refractivity contribution in [3.8, 4) is 0 Å². The number of anilines is 1. The van der Waals surface area contributed by atoms with E-state index >= 15 is 0 Å². The maximum Gasteiger partial charge on any atom is 0.281 e. The van der Waals surface area contributed by atoms with E-state index < -0.39 is 0 Å². The summed E-state index contributed by atoms with van der Waals surface area (Å²) in [6, 6.07) is 7.68. The number of thiophene rings is 1. The van der Waals surface area contributed by atoms with Gasteiger partial charge in [-0.2, -0.15) is 5.10 Å². The molecular formula is C19H22ClN3OS. The number of nitrogens with zero attached hydrogens (tertiary/aromatic N) is 2. The van der Waals surface area contributed by atoms with Crippen molar-refractivity contribution < 1.29 is 4.79 Å². The van der Waals surface area contributed by atoms with Crippen LogP contribution in [0.15, 0.2) is 34.7 Å². The van der Waals surface area contributed by atoms with Crippen LogP contribution in [0.25, 0.3) is 0 Å². The molecule has 0 fully saturated rings. The molecule has 1 aliphatic rings. The summed E-state index contributed by atoms with van der Waals surface area (Å²) in [5.74, 6) is 0.224. The quantitative estimate of drug-likeness (QED) is 0.613. The topological polar surface area (TPSA) is 44.7 Å². The van der Waals surface area contributed by atoms with Gasteiger partial charge < -0.3 is 4.90 Å². The van der Waals surface area contributed by atoms with Crippen LogP contribution in [0, 0.1) is 0 Å².